The van der Waals surface area contributed by atoms with E-state index in [9.17, 15) is 19.1 Å². The summed E-state index contributed by atoms with van der Waals surface area (Å²) in [6, 6.07) is 2.88. The summed E-state index contributed by atoms with van der Waals surface area (Å²) < 4.78 is 13.4. The monoisotopic (exact) mass is 331 g/mol. The molecule has 1 fully saturated rings. The van der Waals surface area contributed by atoms with E-state index in [1.54, 1.807) is 0 Å². The van der Waals surface area contributed by atoms with Crippen LogP contribution in [0.3, 0.4) is 0 Å². The summed E-state index contributed by atoms with van der Waals surface area (Å²) in [5.41, 5.74) is 0.0420. The minimum absolute atomic E-state index is 0.00877. The third-order valence-corrected chi connectivity index (χ3v) is 3.81. The molecule has 1 saturated heterocycles. The van der Waals surface area contributed by atoms with Crippen molar-refractivity contribution in [1.29, 1.82) is 0 Å². The van der Waals surface area contributed by atoms with Crippen LogP contribution in [0.1, 0.15) is 16.8 Å². The molecular weight excluding hydrogens is 321 g/mol. The fourth-order valence-corrected chi connectivity index (χ4v) is 2.53. The van der Waals surface area contributed by atoms with Crippen LogP contribution >= 0.6 is 15.9 Å². The molecule has 2 atom stereocenters. The van der Waals surface area contributed by atoms with E-state index in [0.717, 1.165) is 4.90 Å². The van der Waals surface area contributed by atoms with Gasteiger partial charge in [0.15, 0.2) is 0 Å². The molecule has 0 radical (unpaired) electrons. The third-order valence-electron chi connectivity index (χ3n) is 3.01. The zero-order valence-electron chi connectivity index (χ0n) is 9.72. The first kappa shape index (κ1) is 14.0. The van der Waals surface area contributed by atoms with Crippen LogP contribution in [-0.4, -0.2) is 45.7 Å². The Bertz CT molecular complexity index is 536. The smallest absolute Gasteiger partial charge is 0.326 e. The van der Waals surface area contributed by atoms with Crippen molar-refractivity contribution in [3.63, 3.8) is 0 Å². The normalized spacial score (nSPS) is 22.6. The maximum absolute atomic E-state index is 13.4. The molecule has 19 heavy (non-hydrogen) atoms. The summed E-state index contributed by atoms with van der Waals surface area (Å²) in [6.07, 6.45) is -0.897. The van der Waals surface area contributed by atoms with E-state index in [4.69, 9.17) is 5.11 Å². The average Bonchev–Trinajstić information content (AvgIpc) is 2.74. The number of carbonyl (C=O) groups excluding carboxylic acids is 1. The van der Waals surface area contributed by atoms with E-state index in [0.29, 0.717) is 0 Å². The Balaban J connectivity index is 2.33. The molecule has 1 aliphatic heterocycles. The van der Waals surface area contributed by atoms with Crippen molar-refractivity contribution in [3.8, 4) is 0 Å². The van der Waals surface area contributed by atoms with Crippen LogP contribution in [0.5, 0.6) is 0 Å². The van der Waals surface area contributed by atoms with Crippen molar-refractivity contribution >= 4 is 27.8 Å². The highest BCUT2D eigenvalue weighted by atomic mass is 79.9. The van der Waals surface area contributed by atoms with E-state index in [1.807, 2.05) is 0 Å². The largest absolute Gasteiger partial charge is 0.480 e. The van der Waals surface area contributed by atoms with Crippen LogP contribution in [0.25, 0.3) is 0 Å². The predicted molar refractivity (Wildman–Crippen MR) is 67.2 cm³/mol. The topological polar surface area (TPSA) is 77.8 Å². The molecule has 0 aromatic heterocycles. The maximum Gasteiger partial charge on any atom is 0.326 e. The zero-order valence-corrected chi connectivity index (χ0v) is 11.3. The highest BCUT2D eigenvalue weighted by molar-refractivity contribution is 9.10. The van der Waals surface area contributed by atoms with Gasteiger partial charge < -0.3 is 15.1 Å². The van der Waals surface area contributed by atoms with E-state index in [-0.39, 0.29) is 23.0 Å². The molecule has 0 spiro atoms. The molecule has 102 valence electrons. The van der Waals surface area contributed by atoms with Crippen LogP contribution in [0.4, 0.5) is 4.39 Å². The molecule has 2 N–H and O–H groups in total. The molecule has 5 nitrogen and oxygen atoms in total. The molecule has 1 aromatic carbocycles. The average molecular weight is 332 g/mol. The lowest BCUT2D eigenvalue weighted by molar-refractivity contribution is -0.141. The van der Waals surface area contributed by atoms with Crippen molar-refractivity contribution in [1.82, 2.24) is 4.90 Å². The van der Waals surface area contributed by atoms with Gasteiger partial charge >= 0.3 is 5.97 Å². The lowest BCUT2D eigenvalue weighted by Gasteiger charge is -2.21. The van der Waals surface area contributed by atoms with Crippen LogP contribution in [0.2, 0.25) is 0 Å². The highest BCUT2D eigenvalue weighted by Gasteiger charge is 2.39. The number of amides is 1. The number of β-amino-alcohol motifs (C(OH)–C–C–N with tert-alkyl or cyclic N) is 1. The number of halogens is 2. The molecule has 0 aliphatic carbocycles. The van der Waals surface area contributed by atoms with E-state index in [2.05, 4.69) is 15.9 Å². The summed E-state index contributed by atoms with van der Waals surface area (Å²) in [6.45, 7) is -0.0707. The first-order chi connectivity index (χ1) is 8.91. The molecule has 2 unspecified atom stereocenters. The standard InChI is InChI=1S/C12H11BrFNO4/c13-10-7(2-1-3-8(10)14)11(17)15-5-6(16)4-9(15)12(18)19/h1-3,6,9,16H,4-5H2,(H,18,19). The SMILES string of the molecule is O=C(O)C1CC(O)CN1C(=O)c1cccc(F)c1Br. The van der Waals surface area contributed by atoms with E-state index in [1.165, 1.54) is 18.2 Å². The minimum atomic E-state index is -1.18. The number of aliphatic carboxylic acids is 1. The second-order valence-corrected chi connectivity index (χ2v) is 5.10. The van der Waals surface area contributed by atoms with Crippen LogP contribution < -0.4 is 0 Å². The van der Waals surface area contributed by atoms with Gasteiger partial charge in [-0.3, -0.25) is 4.79 Å². The van der Waals surface area contributed by atoms with Crippen molar-refractivity contribution in [3.05, 3.63) is 34.1 Å². The number of hydrogen-bond acceptors (Lipinski definition) is 3. The number of benzene rings is 1. The van der Waals surface area contributed by atoms with Crippen molar-refractivity contribution in [2.24, 2.45) is 0 Å². The molecular formula is C12H11BrFNO4. The van der Waals surface area contributed by atoms with Crippen molar-refractivity contribution in [2.45, 2.75) is 18.6 Å². The number of carboxylic acid groups (broad SMARTS) is 1. The van der Waals surface area contributed by atoms with Gasteiger partial charge in [-0.25, -0.2) is 9.18 Å². The number of carboxylic acids is 1. The van der Waals surface area contributed by atoms with Crippen LogP contribution in [0.15, 0.2) is 22.7 Å². The second kappa shape index (κ2) is 5.26. The lowest BCUT2D eigenvalue weighted by atomic mass is 10.1. The Hall–Kier alpha value is -1.47. The third kappa shape index (κ3) is 2.62. The van der Waals surface area contributed by atoms with Gasteiger partial charge in [0.2, 0.25) is 0 Å². The Labute approximate surface area is 116 Å². The summed E-state index contributed by atoms with van der Waals surface area (Å²) in [5.74, 6) is -2.40. The van der Waals surface area contributed by atoms with Gasteiger partial charge in [0.25, 0.3) is 5.91 Å². The second-order valence-electron chi connectivity index (χ2n) is 4.30. The van der Waals surface area contributed by atoms with Gasteiger partial charge in [0.05, 0.1) is 16.1 Å². The van der Waals surface area contributed by atoms with Gasteiger partial charge in [0, 0.05) is 13.0 Å². The molecule has 7 heteroatoms. The quantitative estimate of drug-likeness (QED) is 0.854. The number of carbonyl (C=O) groups is 2. The predicted octanol–water partition coefficient (Wildman–Crippen LogP) is 1.25. The van der Waals surface area contributed by atoms with Crippen molar-refractivity contribution in [2.75, 3.05) is 6.54 Å². The summed E-state index contributed by atoms with van der Waals surface area (Å²) in [4.78, 5) is 24.3. The van der Waals surface area contributed by atoms with Gasteiger partial charge in [0.1, 0.15) is 11.9 Å². The molecule has 1 aromatic rings. The van der Waals surface area contributed by atoms with Gasteiger partial charge in [-0.05, 0) is 28.1 Å². The Kier molecular flexibility index (Phi) is 3.86. The number of aliphatic hydroxyl groups excluding tert-OH is 1. The van der Waals surface area contributed by atoms with E-state index < -0.39 is 29.8 Å². The Morgan fingerprint density at radius 3 is 2.74 bits per heavy atom. The molecule has 0 saturated carbocycles. The molecule has 2 rings (SSSR count). The Morgan fingerprint density at radius 1 is 1.42 bits per heavy atom. The molecule has 1 heterocycles. The fraction of sp³-hybridized carbons (Fsp3) is 0.333. The van der Waals surface area contributed by atoms with Gasteiger partial charge in [-0.2, -0.15) is 0 Å². The first-order valence-electron chi connectivity index (χ1n) is 5.57. The summed E-state index contributed by atoms with van der Waals surface area (Å²) in [7, 11) is 0. The number of aliphatic hydroxyl groups is 1. The number of rotatable bonds is 2. The lowest BCUT2D eigenvalue weighted by Crippen LogP contribution is -2.40. The fourth-order valence-electron chi connectivity index (χ4n) is 2.10. The number of nitrogens with zero attached hydrogens (tertiary/aromatic N) is 1. The van der Waals surface area contributed by atoms with E-state index >= 15 is 0 Å². The summed E-state index contributed by atoms with van der Waals surface area (Å²) in [5, 5.41) is 18.5. The van der Waals surface area contributed by atoms with Gasteiger partial charge in [-0.1, -0.05) is 6.07 Å². The van der Waals surface area contributed by atoms with Gasteiger partial charge in [-0.15, -0.1) is 0 Å². The molecule has 1 amide bonds. The molecule has 0 bridgehead atoms. The Morgan fingerprint density at radius 2 is 2.11 bits per heavy atom. The van der Waals surface area contributed by atoms with Crippen LogP contribution in [0, 0.1) is 5.82 Å². The van der Waals surface area contributed by atoms with Crippen molar-refractivity contribution < 1.29 is 24.2 Å². The number of hydrogen-bond donors (Lipinski definition) is 2. The number of likely N-dealkylation sites (tertiary alicyclic amines) is 1. The molecule has 1 aliphatic rings. The highest BCUT2D eigenvalue weighted by Crippen LogP contribution is 2.26. The maximum atomic E-state index is 13.4. The van der Waals surface area contributed by atoms with Crippen LogP contribution in [-0.2, 0) is 4.79 Å². The minimum Gasteiger partial charge on any atom is -0.480 e. The zero-order chi connectivity index (χ0) is 14.2. The summed E-state index contributed by atoms with van der Waals surface area (Å²) >= 11 is 2.97. The first-order valence-corrected chi connectivity index (χ1v) is 6.37.